The summed E-state index contributed by atoms with van der Waals surface area (Å²) in [7, 11) is 0. The highest BCUT2D eigenvalue weighted by Gasteiger charge is 1.94. The van der Waals surface area contributed by atoms with Crippen LogP contribution in [0.4, 0.5) is 0 Å². The van der Waals surface area contributed by atoms with Crippen molar-refractivity contribution in [2.24, 2.45) is 0 Å². The van der Waals surface area contributed by atoms with Crippen LogP contribution in [0.3, 0.4) is 0 Å². The summed E-state index contributed by atoms with van der Waals surface area (Å²) in [5.41, 5.74) is 0.942. The van der Waals surface area contributed by atoms with Gasteiger partial charge in [-0.15, -0.1) is 0 Å². The van der Waals surface area contributed by atoms with E-state index in [1.807, 2.05) is 12.3 Å². The molecule has 0 spiro atoms. The predicted molar refractivity (Wildman–Crippen MR) is 46.9 cm³/mol. The topological polar surface area (TPSA) is 30.7 Å². The molecule has 0 atom stereocenters. The second kappa shape index (κ2) is 2.19. The molecule has 0 saturated heterocycles. The first-order valence-corrected chi connectivity index (χ1v) is 3.78. The third-order valence-electron chi connectivity index (χ3n) is 1.28. The van der Waals surface area contributed by atoms with Gasteiger partial charge in [0.05, 0.1) is 29.1 Å². The number of aromatic nitrogens is 3. The monoisotopic (exact) mass is 245 g/mol. The van der Waals surface area contributed by atoms with Gasteiger partial charge in [-0.25, -0.2) is 2.90 Å². The molecular formula is C6H4IN3. The van der Waals surface area contributed by atoms with E-state index in [0.29, 0.717) is 0 Å². The SMILES string of the molecule is In1cc2ccncc2n1. The summed E-state index contributed by atoms with van der Waals surface area (Å²) in [4.78, 5) is 3.95. The third-order valence-corrected chi connectivity index (χ3v) is 1.78. The normalized spacial score (nSPS) is 10.5. The zero-order chi connectivity index (χ0) is 6.97. The van der Waals surface area contributed by atoms with Crippen LogP contribution in [0.5, 0.6) is 0 Å². The number of hydrogen-bond acceptors (Lipinski definition) is 2. The van der Waals surface area contributed by atoms with Crippen molar-refractivity contribution < 1.29 is 0 Å². The summed E-state index contributed by atoms with van der Waals surface area (Å²) in [6.07, 6.45) is 5.47. The fourth-order valence-corrected chi connectivity index (χ4v) is 1.37. The molecule has 0 aliphatic carbocycles. The minimum atomic E-state index is 0.942. The molecule has 0 aliphatic heterocycles. The van der Waals surface area contributed by atoms with E-state index in [9.17, 15) is 0 Å². The summed E-state index contributed by atoms with van der Waals surface area (Å²) in [5.74, 6) is 0. The van der Waals surface area contributed by atoms with E-state index in [2.05, 4.69) is 32.9 Å². The van der Waals surface area contributed by atoms with E-state index in [1.54, 1.807) is 15.3 Å². The Morgan fingerprint density at radius 2 is 2.40 bits per heavy atom. The van der Waals surface area contributed by atoms with Crippen molar-refractivity contribution in [2.75, 3.05) is 0 Å². The van der Waals surface area contributed by atoms with Gasteiger partial charge in [0.1, 0.15) is 5.52 Å². The van der Waals surface area contributed by atoms with Gasteiger partial charge in [0.2, 0.25) is 0 Å². The standard InChI is InChI=1S/C6H4IN3/c7-10-4-5-1-2-8-3-6(5)9-10/h1-4H. The van der Waals surface area contributed by atoms with Gasteiger partial charge in [0, 0.05) is 17.8 Å². The van der Waals surface area contributed by atoms with E-state index < -0.39 is 0 Å². The Bertz CT molecular complexity index is 322. The van der Waals surface area contributed by atoms with Gasteiger partial charge >= 0.3 is 0 Å². The Morgan fingerprint density at radius 1 is 1.50 bits per heavy atom. The van der Waals surface area contributed by atoms with Crippen LogP contribution in [0.25, 0.3) is 10.9 Å². The number of hydrogen-bond donors (Lipinski definition) is 0. The Balaban J connectivity index is 2.88. The second-order valence-electron chi connectivity index (χ2n) is 1.95. The minimum absolute atomic E-state index is 0.942. The highest BCUT2D eigenvalue weighted by molar-refractivity contribution is 14.1. The number of fused-ring (bicyclic) bond motifs is 1. The van der Waals surface area contributed by atoms with E-state index in [1.165, 1.54) is 0 Å². The highest BCUT2D eigenvalue weighted by atomic mass is 127. The molecular weight excluding hydrogens is 241 g/mol. The first kappa shape index (κ1) is 6.09. The predicted octanol–water partition coefficient (Wildman–Crippen LogP) is 1.63. The van der Waals surface area contributed by atoms with Crippen LogP contribution in [-0.2, 0) is 0 Å². The van der Waals surface area contributed by atoms with Crippen LogP contribution >= 0.6 is 22.9 Å². The smallest absolute Gasteiger partial charge is 0.111 e. The van der Waals surface area contributed by atoms with Gasteiger partial charge in [-0.3, -0.25) is 4.98 Å². The summed E-state index contributed by atoms with van der Waals surface area (Å²) in [6.45, 7) is 0. The van der Waals surface area contributed by atoms with Gasteiger partial charge in [-0.1, -0.05) is 0 Å². The molecule has 2 heterocycles. The molecule has 10 heavy (non-hydrogen) atoms. The molecule has 2 aromatic heterocycles. The lowest BCUT2D eigenvalue weighted by Gasteiger charge is -1.79. The lowest BCUT2D eigenvalue weighted by molar-refractivity contribution is 1.08. The zero-order valence-electron chi connectivity index (χ0n) is 5.03. The number of nitrogens with zero attached hydrogens (tertiary/aromatic N) is 3. The number of pyridine rings is 1. The Labute approximate surface area is 71.6 Å². The van der Waals surface area contributed by atoms with Gasteiger partial charge in [-0.05, 0) is 6.07 Å². The van der Waals surface area contributed by atoms with Crippen LogP contribution in [0.1, 0.15) is 0 Å². The van der Waals surface area contributed by atoms with Crippen LogP contribution in [0, 0.1) is 0 Å². The van der Waals surface area contributed by atoms with Gasteiger partial charge in [0.25, 0.3) is 0 Å². The summed E-state index contributed by atoms with van der Waals surface area (Å²) < 4.78 is 1.75. The van der Waals surface area contributed by atoms with Crippen molar-refractivity contribution in [1.82, 2.24) is 13.0 Å². The van der Waals surface area contributed by atoms with Crippen LogP contribution < -0.4 is 0 Å². The molecule has 0 bridgehead atoms. The van der Waals surface area contributed by atoms with Crippen molar-refractivity contribution in [1.29, 1.82) is 0 Å². The molecule has 0 fully saturated rings. The first-order valence-electron chi connectivity index (χ1n) is 2.82. The van der Waals surface area contributed by atoms with Crippen molar-refractivity contribution in [3.63, 3.8) is 0 Å². The van der Waals surface area contributed by atoms with E-state index in [0.717, 1.165) is 10.9 Å². The van der Waals surface area contributed by atoms with E-state index in [4.69, 9.17) is 0 Å². The Morgan fingerprint density at radius 3 is 3.20 bits per heavy atom. The van der Waals surface area contributed by atoms with Gasteiger partial charge in [0.15, 0.2) is 0 Å². The second-order valence-corrected chi connectivity index (χ2v) is 2.94. The molecule has 2 rings (SSSR count). The third kappa shape index (κ3) is 0.880. The van der Waals surface area contributed by atoms with Crippen LogP contribution in [0.2, 0.25) is 0 Å². The maximum absolute atomic E-state index is 4.15. The van der Waals surface area contributed by atoms with Gasteiger partial charge < -0.3 is 0 Å². The quantitative estimate of drug-likeness (QED) is 0.660. The molecule has 3 nitrogen and oxygen atoms in total. The Hall–Kier alpha value is -0.650. The minimum Gasteiger partial charge on any atom is -0.262 e. The van der Waals surface area contributed by atoms with E-state index in [-0.39, 0.29) is 0 Å². The zero-order valence-corrected chi connectivity index (χ0v) is 7.19. The highest BCUT2D eigenvalue weighted by Crippen LogP contribution is 2.10. The molecule has 2 aromatic rings. The number of halogens is 1. The average molecular weight is 245 g/mol. The van der Waals surface area contributed by atoms with Crippen LogP contribution in [0.15, 0.2) is 24.7 Å². The largest absolute Gasteiger partial charge is 0.262 e. The maximum atomic E-state index is 4.15. The molecule has 0 unspecified atom stereocenters. The van der Waals surface area contributed by atoms with Crippen molar-refractivity contribution in [3.05, 3.63) is 24.7 Å². The summed E-state index contributed by atoms with van der Waals surface area (Å²) >= 11 is 2.11. The lowest BCUT2D eigenvalue weighted by Crippen LogP contribution is -1.75. The van der Waals surface area contributed by atoms with Gasteiger partial charge in [-0.2, -0.15) is 5.10 Å². The van der Waals surface area contributed by atoms with Crippen LogP contribution in [-0.4, -0.2) is 13.0 Å². The first-order chi connectivity index (χ1) is 4.86. The molecule has 0 N–H and O–H groups in total. The van der Waals surface area contributed by atoms with E-state index >= 15 is 0 Å². The summed E-state index contributed by atoms with van der Waals surface area (Å²) in [5, 5.41) is 5.28. The van der Waals surface area contributed by atoms with Crippen molar-refractivity contribution >= 4 is 33.8 Å². The molecule has 0 radical (unpaired) electrons. The fourth-order valence-electron chi connectivity index (χ4n) is 0.836. The van der Waals surface area contributed by atoms with Crippen molar-refractivity contribution in [3.8, 4) is 0 Å². The molecule has 0 amide bonds. The molecule has 0 saturated carbocycles. The molecule has 4 heteroatoms. The molecule has 0 aliphatic rings. The lowest BCUT2D eigenvalue weighted by atomic mass is 10.3. The fraction of sp³-hybridized carbons (Fsp3) is 0. The maximum Gasteiger partial charge on any atom is 0.111 e. The summed E-state index contributed by atoms with van der Waals surface area (Å²) in [6, 6.07) is 1.94. The van der Waals surface area contributed by atoms with Crippen molar-refractivity contribution in [2.45, 2.75) is 0 Å². The molecule has 0 aromatic carbocycles. The number of rotatable bonds is 0. The Kier molecular flexibility index (Phi) is 1.33. The average Bonchev–Trinajstić information content (AvgIpc) is 2.27. The molecule has 50 valence electrons.